The van der Waals surface area contributed by atoms with Crippen molar-refractivity contribution in [3.05, 3.63) is 30.1 Å². The monoisotopic (exact) mass is 445 g/mol. The van der Waals surface area contributed by atoms with Gasteiger partial charge < -0.3 is 16.0 Å². The van der Waals surface area contributed by atoms with Crippen LogP contribution in [0.5, 0.6) is 0 Å². The molecule has 0 radical (unpaired) electrons. The molecule has 3 N–H and O–H groups in total. The molecule has 1 aromatic heterocycles. The first-order valence-corrected chi connectivity index (χ1v) is 8.19. The fourth-order valence-electron chi connectivity index (χ4n) is 3.12. The molecule has 2 rings (SSSR count). The van der Waals surface area contributed by atoms with Crippen molar-refractivity contribution >= 4 is 35.8 Å². The standard InChI is InChI=1S/C17H27N5O.HI/c1-22(2)15(23)17(9-4-5-10-17)13-21-16(18)20-12-8-14-7-3-6-11-19-14;/h3,6-7,11H,4-5,8-10,12-13H2,1-2H3,(H3,18,20,21);1H. The molecule has 0 atom stereocenters. The van der Waals surface area contributed by atoms with Crippen molar-refractivity contribution in [1.82, 2.24) is 15.2 Å². The second-order valence-corrected chi connectivity index (χ2v) is 6.39. The molecule has 1 fully saturated rings. The molecule has 24 heavy (non-hydrogen) atoms. The highest BCUT2D eigenvalue weighted by atomic mass is 127. The van der Waals surface area contributed by atoms with E-state index in [1.165, 1.54) is 0 Å². The van der Waals surface area contributed by atoms with Gasteiger partial charge >= 0.3 is 0 Å². The average molecular weight is 445 g/mol. The number of carbonyl (C=O) groups is 1. The van der Waals surface area contributed by atoms with Crippen LogP contribution in [0.4, 0.5) is 0 Å². The van der Waals surface area contributed by atoms with Crippen LogP contribution in [0.2, 0.25) is 0 Å². The number of guanidine groups is 1. The van der Waals surface area contributed by atoms with Crippen molar-refractivity contribution in [2.24, 2.45) is 16.1 Å². The molecule has 1 amide bonds. The third-order valence-corrected chi connectivity index (χ3v) is 4.39. The maximum absolute atomic E-state index is 12.5. The summed E-state index contributed by atoms with van der Waals surface area (Å²) < 4.78 is 0. The molecular formula is C17H28IN5O. The van der Waals surface area contributed by atoms with Crippen molar-refractivity contribution < 1.29 is 4.79 Å². The van der Waals surface area contributed by atoms with Gasteiger partial charge in [0.05, 0.1) is 12.0 Å². The molecule has 0 aliphatic heterocycles. The predicted molar refractivity (Wildman–Crippen MR) is 107 cm³/mol. The molecule has 0 saturated heterocycles. The Morgan fingerprint density at radius 1 is 1.38 bits per heavy atom. The number of hydrogen-bond acceptors (Lipinski definition) is 3. The van der Waals surface area contributed by atoms with E-state index in [4.69, 9.17) is 5.73 Å². The highest BCUT2D eigenvalue weighted by molar-refractivity contribution is 14.0. The number of carbonyl (C=O) groups excluding carboxylic acids is 1. The van der Waals surface area contributed by atoms with Crippen LogP contribution < -0.4 is 11.1 Å². The van der Waals surface area contributed by atoms with Gasteiger partial charge in [-0.3, -0.25) is 14.8 Å². The minimum absolute atomic E-state index is 0. The lowest BCUT2D eigenvalue weighted by Gasteiger charge is -2.29. The second kappa shape index (κ2) is 9.80. The van der Waals surface area contributed by atoms with Gasteiger partial charge in [-0.2, -0.15) is 0 Å². The molecule has 0 bridgehead atoms. The van der Waals surface area contributed by atoms with Crippen LogP contribution in [0.1, 0.15) is 31.4 Å². The van der Waals surface area contributed by atoms with Gasteiger partial charge in [0.15, 0.2) is 5.96 Å². The van der Waals surface area contributed by atoms with Crippen LogP contribution in [0.3, 0.4) is 0 Å². The Morgan fingerprint density at radius 3 is 2.67 bits per heavy atom. The van der Waals surface area contributed by atoms with Gasteiger partial charge in [-0.05, 0) is 25.0 Å². The van der Waals surface area contributed by atoms with E-state index < -0.39 is 0 Å². The zero-order valence-corrected chi connectivity index (χ0v) is 16.8. The smallest absolute Gasteiger partial charge is 0.230 e. The third kappa shape index (κ3) is 5.61. The summed E-state index contributed by atoms with van der Waals surface area (Å²) in [5.74, 6) is 0.568. The Morgan fingerprint density at radius 2 is 2.08 bits per heavy atom. The molecule has 1 saturated carbocycles. The lowest BCUT2D eigenvalue weighted by atomic mass is 9.85. The van der Waals surface area contributed by atoms with Crippen LogP contribution in [0.25, 0.3) is 0 Å². The summed E-state index contributed by atoms with van der Waals surface area (Å²) in [5.41, 5.74) is 6.60. The van der Waals surface area contributed by atoms with Gasteiger partial charge in [0.2, 0.25) is 5.91 Å². The number of aromatic nitrogens is 1. The number of nitrogens with one attached hydrogen (secondary N) is 1. The molecule has 6 nitrogen and oxygen atoms in total. The van der Waals surface area contributed by atoms with Crippen molar-refractivity contribution in [2.45, 2.75) is 32.1 Å². The summed E-state index contributed by atoms with van der Waals surface area (Å²) in [5, 5.41) is 3.10. The van der Waals surface area contributed by atoms with Gasteiger partial charge in [-0.25, -0.2) is 0 Å². The SMILES string of the molecule is CN(C)C(=O)C1(CN=C(N)NCCc2ccccn2)CCCC1.I. The minimum atomic E-state index is -0.364. The van der Waals surface area contributed by atoms with Crippen molar-refractivity contribution in [1.29, 1.82) is 0 Å². The molecule has 134 valence electrons. The molecule has 1 aliphatic carbocycles. The average Bonchev–Trinajstić information content (AvgIpc) is 3.03. The quantitative estimate of drug-likeness (QED) is 0.398. The first-order valence-electron chi connectivity index (χ1n) is 8.19. The van der Waals surface area contributed by atoms with Crippen molar-refractivity contribution in [3.63, 3.8) is 0 Å². The highest BCUT2D eigenvalue weighted by Gasteiger charge is 2.41. The third-order valence-electron chi connectivity index (χ3n) is 4.39. The van der Waals surface area contributed by atoms with Gasteiger partial charge in [-0.1, -0.05) is 18.9 Å². The summed E-state index contributed by atoms with van der Waals surface area (Å²) in [6, 6.07) is 5.85. The largest absolute Gasteiger partial charge is 0.370 e. The summed E-state index contributed by atoms with van der Waals surface area (Å²) in [6.07, 6.45) is 6.54. The number of aliphatic imine (C=N–C) groups is 1. The normalized spacial score (nSPS) is 16.3. The Kier molecular flexibility index (Phi) is 8.44. The maximum Gasteiger partial charge on any atom is 0.230 e. The van der Waals surface area contributed by atoms with E-state index in [2.05, 4.69) is 15.3 Å². The molecule has 0 aromatic carbocycles. The van der Waals surface area contributed by atoms with E-state index in [9.17, 15) is 4.79 Å². The van der Waals surface area contributed by atoms with Crippen LogP contribution in [-0.2, 0) is 11.2 Å². The van der Waals surface area contributed by atoms with Crippen molar-refractivity contribution in [2.75, 3.05) is 27.2 Å². The summed E-state index contributed by atoms with van der Waals surface area (Å²) in [7, 11) is 3.61. The van der Waals surface area contributed by atoms with Crippen LogP contribution in [-0.4, -0.2) is 48.9 Å². The number of nitrogens with two attached hydrogens (primary N) is 1. The molecule has 1 aliphatic rings. The maximum atomic E-state index is 12.5. The molecule has 1 heterocycles. The topological polar surface area (TPSA) is 83.6 Å². The number of halogens is 1. The molecule has 0 unspecified atom stereocenters. The Balaban J connectivity index is 0.00000288. The zero-order valence-electron chi connectivity index (χ0n) is 14.5. The molecule has 7 heteroatoms. The first-order chi connectivity index (χ1) is 11.0. The highest BCUT2D eigenvalue weighted by Crippen LogP contribution is 2.39. The molecular weight excluding hydrogens is 417 g/mol. The molecule has 0 spiro atoms. The van der Waals surface area contributed by atoms with E-state index in [1.807, 2.05) is 18.2 Å². The van der Waals surface area contributed by atoms with E-state index in [0.717, 1.165) is 37.8 Å². The lowest BCUT2D eigenvalue weighted by Crippen LogP contribution is -2.42. The summed E-state index contributed by atoms with van der Waals surface area (Å²) in [4.78, 5) is 22.8. The van der Waals surface area contributed by atoms with Crippen LogP contribution >= 0.6 is 24.0 Å². The fourth-order valence-corrected chi connectivity index (χ4v) is 3.12. The lowest BCUT2D eigenvalue weighted by molar-refractivity contribution is -0.138. The van der Waals surface area contributed by atoms with E-state index in [1.54, 1.807) is 25.2 Å². The van der Waals surface area contributed by atoms with Gasteiger partial charge in [0, 0.05) is 39.0 Å². The van der Waals surface area contributed by atoms with E-state index >= 15 is 0 Å². The number of hydrogen-bond donors (Lipinski definition) is 2. The number of amides is 1. The number of pyridine rings is 1. The minimum Gasteiger partial charge on any atom is -0.370 e. The van der Waals surface area contributed by atoms with Gasteiger partial charge in [-0.15, -0.1) is 24.0 Å². The fraction of sp³-hybridized carbons (Fsp3) is 0.588. The molecule has 1 aromatic rings. The Hall–Kier alpha value is -1.38. The van der Waals surface area contributed by atoms with Gasteiger partial charge in [0.25, 0.3) is 0 Å². The summed E-state index contributed by atoms with van der Waals surface area (Å²) in [6.45, 7) is 1.15. The van der Waals surface area contributed by atoms with Gasteiger partial charge in [0.1, 0.15) is 0 Å². The second-order valence-electron chi connectivity index (χ2n) is 6.39. The van der Waals surface area contributed by atoms with Crippen LogP contribution in [0, 0.1) is 5.41 Å². The Labute approximate surface area is 161 Å². The van der Waals surface area contributed by atoms with E-state index in [0.29, 0.717) is 19.0 Å². The Bertz CT molecular complexity index is 541. The summed E-state index contributed by atoms with van der Waals surface area (Å²) >= 11 is 0. The number of rotatable bonds is 6. The number of nitrogens with zero attached hydrogens (tertiary/aromatic N) is 3. The zero-order chi connectivity index (χ0) is 16.7. The van der Waals surface area contributed by atoms with Crippen LogP contribution in [0.15, 0.2) is 29.4 Å². The predicted octanol–water partition coefficient (Wildman–Crippen LogP) is 1.80. The van der Waals surface area contributed by atoms with Crippen molar-refractivity contribution in [3.8, 4) is 0 Å². The first kappa shape index (κ1) is 20.7. The van der Waals surface area contributed by atoms with E-state index in [-0.39, 0.29) is 35.3 Å².